The molecule has 7 rings (SSSR count). The molecule has 0 spiro atoms. The molecular formula is C51H51N3. The molecule has 0 atom stereocenters. The van der Waals surface area contributed by atoms with Crippen LogP contribution in [0.3, 0.4) is 0 Å². The van der Waals surface area contributed by atoms with Gasteiger partial charge in [-0.15, -0.1) is 0 Å². The van der Waals surface area contributed by atoms with Crippen LogP contribution in [0.5, 0.6) is 0 Å². The quantitative estimate of drug-likeness (QED) is 0.134. The van der Waals surface area contributed by atoms with Crippen LogP contribution in [0.4, 0.5) is 0 Å². The minimum Gasteiger partial charge on any atom is -0.208 e. The molecule has 0 bridgehead atoms. The Labute approximate surface area is 322 Å². The number of aryl methyl sites for hydroxylation is 1. The predicted molar refractivity (Wildman–Crippen MR) is 228 cm³/mol. The highest BCUT2D eigenvalue weighted by atomic mass is 15.0. The summed E-state index contributed by atoms with van der Waals surface area (Å²) in [5.41, 5.74) is 14.3. The van der Waals surface area contributed by atoms with E-state index in [0.29, 0.717) is 17.5 Å². The first-order valence-electron chi connectivity index (χ1n) is 19.5. The van der Waals surface area contributed by atoms with Crippen LogP contribution in [0.1, 0.15) is 78.0 Å². The minimum atomic E-state index is 0.161. The average molecular weight is 706 g/mol. The van der Waals surface area contributed by atoms with Crippen LogP contribution in [0, 0.1) is 0 Å². The molecule has 0 radical (unpaired) electrons. The Kier molecular flexibility index (Phi) is 10.4. The number of nitrogens with zero attached hydrogens (tertiary/aromatic N) is 3. The summed E-state index contributed by atoms with van der Waals surface area (Å²) in [5, 5.41) is 0. The van der Waals surface area contributed by atoms with Gasteiger partial charge in [0.1, 0.15) is 0 Å². The monoisotopic (exact) mass is 705 g/mol. The fourth-order valence-corrected chi connectivity index (χ4v) is 6.77. The van der Waals surface area contributed by atoms with Gasteiger partial charge >= 0.3 is 0 Å². The summed E-state index contributed by atoms with van der Waals surface area (Å²) in [5.74, 6) is 1.96. The molecule has 54 heavy (non-hydrogen) atoms. The molecule has 0 saturated heterocycles. The summed E-state index contributed by atoms with van der Waals surface area (Å²) in [6.45, 7) is 15.9. The Bertz CT molecular complexity index is 2190. The summed E-state index contributed by atoms with van der Waals surface area (Å²) >= 11 is 0. The lowest BCUT2D eigenvalue weighted by atomic mass is 9.82. The maximum atomic E-state index is 5.06. The fourth-order valence-electron chi connectivity index (χ4n) is 6.77. The van der Waals surface area contributed by atoms with Gasteiger partial charge in [0.2, 0.25) is 0 Å². The van der Waals surface area contributed by atoms with Crippen molar-refractivity contribution < 1.29 is 0 Å². The Morgan fingerprint density at radius 2 is 0.537 bits per heavy atom. The molecule has 6 aromatic carbocycles. The van der Waals surface area contributed by atoms with E-state index in [2.05, 4.69) is 194 Å². The Morgan fingerprint density at radius 3 is 0.778 bits per heavy atom. The molecule has 0 fully saturated rings. The third-order valence-corrected chi connectivity index (χ3v) is 11.5. The second kappa shape index (κ2) is 15.4. The third kappa shape index (κ3) is 7.82. The summed E-state index contributed by atoms with van der Waals surface area (Å²) in [7, 11) is 0. The van der Waals surface area contributed by atoms with Gasteiger partial charge in [-0.1, -0.05) is 194 Å². The number of rotatable bonds is 11. The summed E-state index contributed by atoms with van der Waals surface area (Å²) in [4.78, 5) is 15.2. The first-order valence-corrected chi connectivity index (χ1v) is 19.5. The third-order valence-electron chi connectivity index (χ3n) is 11.5. The van der Waals surface area contributed by atoms with Gasteiger partial charge in [-0.2, -0.15) is 0 Å². The first kappa shape index (κ1) is 36.7. The smallest absolute Gasteiger partial charge is 0.164 e. The summed E-state index contributed by atoms with van der Waals surface area (Å²) < 4.78 is 0. The van der Waals surface area contributed by atoms with Crippen LogP contribution < -0.4 is 0 Å². The number of aromatic nitrogens is 3. The standard InChI is InChI=1S/C51H51N3/c1-8-35-11-13-36(14-12-35)37-15-21-42(22-16-37)47-52-48(43-23-17-38(18-24-43)40-27-31-45(32-28-40)50(4,5)9-2)54-49(53-47)44-25-19-39(20-26-44)41-29-33-46(34-30-41)51(6,7)10-3/h11-34H,8-10H2,1-7H3. The van der Waals surface area contributed by atoms with E-state index in [9.17, 15) is 0 Å². The molecule has 1 heterocycles. The molecule has 3 nitrogen and oxygen atoms in total. The maximum Gasteiger partial charge on any atom is 0.164 e. The number of benzene rings is 6. The molecule has 0 aliphatic heterocycles. The van der Waals surface area contributed by atoms with E-state index in [-0.39, 0.29) is 10.8 Å². The van der Waals surface area contributed by atoms with Crippen molar-refractivity contribution in [3.63, 3.8) is 0 Å². The highest BCUT2D eigenvalue weighted by Gasteiger charge is 2.19. The molecule has 7 aromatic rings. The van der Waals surface area contributed by atoms with Gasteiger partial charge in [0, 0.05) is 16.7 Å². The van der Waals surface area contributed by atoms with Crippen LogP contribution in [0.25, 0.3) is 67.5 Å². The number of hydrogen-bond donors (Lipinski definition) is 0. The van der Waals surface area contributed by atoms with Crippen LogP contribution in [0.2, 0.25) is 0 Å². The minimum absolute atomic E-state index is 0.161. The van der Waals surface area contributed by atoms with Gasteiger partial charge in [-0.3, -0.25) is 0 Å². The highest BCUT2D eigenvalue weighted by Crippen LogP contribution is 2.33. The Hall–Kier alpha value is -5.67. The van der Waals surface area contributed by atoms with E-state index in [1.807, 2.05) is 0 Å². The van der Waals surface area contributed by atoms with Crippen molar-refractivity contribution in [2.24, 2.45) is 0 Å². The molecule has 0 unspecified atom stereocenters. The normalized spacial score (nSPS) is 11.8. The molecule has 3 heteroatoms. The zero-order valence-corrected chi connectivity index (χ0v) is 32.8. The van der Waals surface area contributed by atoms with Gasteiger partial charge in [0.05, 0.1) is 0 Å². The molecule has 0 amide bonds. The average Bonchev–Trinajstić information content (AvgIpc) is 3.24. The Balaban J connectivity index is 1.22. The molecule has 270 valence electrons. The van der Waals surface area contributed by atoms with Crippen LogP contribution in [0.15, 0.2) is 146 Å². The van der Waals surface area contributed by atoms with Crippen molar-refractivity contribution in [2.75, 3.05) is 0 Å². The second-order valence-corrected chi connectivity index (χ2v) is 15.7. The van der Waals surface area contributed by atoms with Crippen molar-refractivity contribution in [1.82, 2.24) is 15.0 Å². The maximum absolute atomic E-state index is 5.06. The molecule has 0 aliphatic carbocycles. The van der Waals surface area contributed by atoms with Gasteiger partial charge in [-0.05, 0) is 80.2 Å². The highest BCUT2D eigenvalue weighted by molar-refractivity contribution is 5.74. The summed E-state index contributed by atoms with van der Waals surface area (Å²) in [6, 6.07) is 52.4. The molecule has 1 aromatic heterocycles. The molecule has 0 saturated carbocycles. The zero-order valence-electron chi connectivity index (χ0n) is 32.8. The van der Waals surface area contributed by atoms with Gasteiger partial charge < -0.3 is 0 Å². The van der Waals surface area contributed by atoms with Crippen LogP contribution in [-0.2, 0) is 17.3 Å². The van der Waals surface area contributed by atoms with E-state index < -0.39 is 0 Å². The largest absolute Gasteiger partial charge is 0.208 e. The zero-order chi connectivity index (χ0) is 37.9. The van der Waals surface area contributed by atoms with E-state index >= 15 is 0 Å². The molecular weight excluding hydrogens is 655 g/mol. The van der Waals surface area contributed by atoms with Crippen LogP contribution >= 0.6 is 0 Å². The van der Waals surface area contributed by atoms with Crippen molar-refractivity contribution in [2.45, 2.75) is 78.6 Å². The van der Waals surface area contributed by atoms with Crippen molar-refractivity contribution in [3.05, 3.63) is 162 Å². The Morgan fingerprint density at radius 1 is 0.315 bits per heavy atom. The second-order valence-electron chi connectivity index (χ2n) is 15.7. The van der Waals surface area contributed by atoms with E-state index in [0.717, 1.165) is 36.0 Å². The first-order chi connectivity index (χ1) is 26.1. The lowest BCUT2D eigenvalue weighted by Gasteiger charge is -2.23. The molecule has 0 N–H and O–H groups in total. The summed E-state index contributed by atoms with van der Waals surface area (Å²) in [6.07, 6.45) is 3.23. The van der Waals surface area contributed by atoms with Crippen molar-refractivity contribution >= 4 is 0 Å². The lowest BCUT2D eigenvalue weighted by molar-refractivity contribution is 0.506. The predicted octanol–water partition coefficient (Wildman–Crippen LogP) is 13.8. The van der Waals surface area contributed by atoms with E-state index in [4.69, 9.17) is 15.0 Å². The van der Waals surface area contributed by atoms with Gasteiger partial charge in [0.25, 0.3) is 0 Å². The van der Waals surface area contributed by atoms with E-state index in [1.165, 1.54) is 50.1 Å². The topological polar surface area (TPSA) is 38.7 Å². The SMILES string of the molecule is CCc1ccc(-c2ccc(-c3nc(-c4ccc(-c5ccc(C(C)(C)CC)cc5)cc4)nc(-c4ccc(-c5ccc(C(C)(C)CC)cc5)cc4)n3)cc2)cc1. The van der Waals surface area contributed by atoms with Crippen molar-refractivity contribution in [1.29, 1.82) is 0 Å². The fraction of sp³-hybridized carbons (Fsp3) is 0.235. The van der Waals surface area contributed by atoms with Gasteiger partial charge in [-0.25, -0.2) is 15.0 Å². The van der Waals surface area contributed by atoms with Crippen molar-refractivity contribution in [3.8, 4) is 67.5 Å². The number of hydrogen-bond acceptors (Lipinski definition) is 3. The lowest BCUT2D eigenvalue weighted by Crippen LogP contribution is -2.14. The van der Waals surface area contributed by atoms with Gasteiger partial charge in [0.15, 0.2) is 17.5 Å². The molecule has 0 aliphatic rings. The van der Waals surface area contributed by atoms with E-state index in [1.54, 1.807) is 0 Å². The van der Waals surface area contributed by atoms with Crippen LogP contribution in [-0.4, -0.2) is 15.0 Å².